The number of carbonyl (C=O) groups excluding carboxylic acids is 3. The molecule has 0 saturated carbocycles. The number of likely N-dealkylation sites (tertiary alicyclic amines) is 1. The van der Waals surface area contributed by atoms with Crippen molar-refractivity contribution in [2.45, 2.75) is 75.9 Å². The van der Waals surface area contributed by atoms with Crippen molar-refractivity contribution < 1.29 is 53.6 Å². The standard InChI is InChI=1S/C27H39N5O13/c33-24(30-16-8-12-23(30)26(36)42-17-6-7-18-44-31(38)39)21(11-4-5-15-28-27(37)43-19-45-32(40)41)29-22(25(34)35)14-13-20-9-2-1-3-10-20/h1-3,9-10,21-23,29H,4-8,11-19H2,(H,28,37)(H,34,35). The summed E-state index contributed by atoms with van der Waals surface area (Å²) in [6.07, 6.45) is 2.17. The monoisotopic (exact) mass is 641 g/mol. The van der Waals surface area contributed by atoms with E-state index >= 15 is 0 Å². The number of alkyl carbamates (subject to hydrolysis) is 1. The van der Waals surface area contributed by atoms with Gasteiger partial charge in [-0.2, -0.15) is 0 Å². The number of carboxylic acids is 1. The van der Waals surface area contributed by atoms with Crippen LogP contribution < -0.4 is 10.6 Å². The molecule has 1 aliphatic heterocycles. The van der Waals surface area contributed by atoms with Crippen molar-refractivity contribution in [1.82, 2.24) is 15.5 Å². The van der Waals surface area contributed by atoms with Crippen LogP contribution in [0.1, 0.15) is 56.9 Å². The third-order valence-electron chi connectivity index (χ3n) is 6.89. The van der Waals surface area contributed by atoms with E-state index in [1.807, 2.05) is 30.3 Å². The molecule has 1 saturated heterocycles. The number of carbonyl (C=O) groups is 4. The molecule has 1 heterocycles. The van der Waals surface area contributed by atoms with Gasteiger partial charge in [0.1, 0.15) is 12.1 Å². The maximum atomic E-state index is 13.7. The number of aryl methyl sites for hydroxylation is 1. The van der Waals surface area contributed by atoms with Crippen LogP contribution in [0.5, 0.6) is 0 Å². The molecule has 1 aliphatic rings. The molecule has 2 rings (SSSR count). The summed E-state index contributed by atoms with van der Waals surface area (Å²) >= 11 is 0. The number of nitrogens with one attached hydrogen (secondary N) is 2. The van der Waals surface area contributed by atoms with Crippen molar-refractivity contribution in [1.29, 1.82) is 0 Å². The van der Waals surface area contributed by atoms with Crippen LogP contribution in [0.15, 0.2) is 30.3 Å². The third-order valence-corrected chi connectivity index (χ3v) is 6.89. The summed E-state index contributed by atoms with van der Waals surface area (Å²) in [5.41, 5.74) is 0.933. The fourth-order valence-electron chi connectivity index (χ4n) is 4.68. The highest BCUT2D eigenvalue weighted by atomic mass is 17.0. The van der Waals surface area contributed by atoms with E-state index in [0.29, 0.717) is 44.9 Å². The van der Waals surface area contributed by atoms with Gasteiger partial charge in [-0.15, -0.1) is 20.2 Å². The van der Waals surface area contributed by atoms with Crippen LogP contribution in [0.3, 0.4) is 0 Å². The lowest BCUT2D eigenvalue weighted by Gasteiger charge is -2.30. The number of hydrogen-bond donors (Lipinski definition) is 3. The van der Waals surface area contributed by atoms with E-state index < -0.39 is 59.0 Å². The van der Waals surface area contributed by atoms with Crippen LogP contribution >= 0.6 is 0 Å². The Kier molecular flexibility index (Phi) is 16.4. The van der Waals surface area contributed by atoms with Gasteiger partial charge in [-0.25, -0.2) is 9.59 Å². The smallest absolute Gasteiger partial charge is 0.409 e. The zero-order valence-corrected chi connectivity index (χ0v) is 24.7. The summed E-state index contributed by atoms with van der Waals surface area (Å²) in [7, 11) is 0. The van der Waals surface area contributed by atoms with Crippen molar-refractivity contribution in [3.8, 4) is 0 Å². The molecule has 3 N–H and O–H groups in total. The van der Waals surface area contributed by atoms with E-state index in [2.05, 4.69) is 25.0 Å². The van der Waals surface area contributed by atoms with Gasteiger partial charge in [0.05, 0.1) is 19.3 Å². The maximum absolute atomic E-state index is 13.7. The van der Waals surface area contributed by atoms with Gasteiger partial charge in [0.25, 0.3) is 10.2 Å². The molecule has 3 atom stereocenters. The van der Waals surface area contributed by atoms with E-state index in [9.17, 15) is 44.5 Å². The van der Waals surface area contributed by atoms with Gasteiger partial charge >= 0.3 is 18.0 Å². The number of unbranched alkanes of at least 4 members (excludes halogenated alkanes) is 2. The Hall–Kier alpha value is -4.74. The summed E-state index contributed by atoms with van der Waals surface area (Å²) in [5.74, 6) is -2.20. The quantitative estimate of drug-likeness (QED) is 0.0536. The lowest BCUT2D eigenvalue weighted by Crippen LogP contribution is -2.54. The second-order valence-electron chi connectivity index (χ2n) is 10.1. The summed E-state index contributed by atoms with van der Waals surface area (Å²) < 4.78 is 9.80. The predicted molar refractivity (Wildman–Crippen MR) is 152 cm³/mol. The Bertz CT molecular complexity index is 1120. The van der Waals surface area contributed by atoms with E-state index in [0.717, 1.165) is 5.56 Å². The van der Waals surface area contributed by atoms with Crippen LogP contribution in [0.25, 0.3) is 0 Å². The van der Waals surface area contributed by atoms with Crippen molar-refractivity contribution in [3.63, 3.8) is 0 Å². The topological polar surface area (TPSA) is 239 Å². The number of hydrogen-bond acceptors (Lipinski definition) is 13. The van der Waals surface area contributed by atoms with Crippen LogP contribution in [-0.4, -0.2) is 95.3 Å². The summed E-state index contributed by atoms with van der Waals surface area (Å²) in [6.45, 7) is -0.620. The maximum Gasteiger partial charge on any atom is 0.409 e. The van der Waals surface area contributed by atoms with Gasteiger partial charge in [-0.3, -0.25) is 19.7 Å². The average Bonchev–Trinajstić information content (AvgIpc) is 3.49. The highest BCUT2D eigenvalue weighted by Gasteiger charge is 2.39. The fraction of sp³-hybridized carbons (Fsp3) is 0.630. The molecule has 2 amide bonds. The molecule has 0 radical (unpaired) electrons. The molecule has 1 aromatic rings. The van der Waals surface area contributed by atoms with Gasteiger partial charge in [-0.1, -0.05) is 30.3 Å². The summed E-state index contributed by atoms with van der Waals surface area (Å²) in [4.78, 5) is 80.2. The third kappa shape index (κ3) is 14.5. The SMILES string of the molecule is O=C(NCCCCC(NC(CCc1ccccc1)C(=O)O)C(=O)N1CCCC1C(=O)OCCCCO[N+](=O)[O-])OCO[N+](=O)[O-]. The van der Waals surface area contributed by atoms with Crippen molar-refractivity contribution in [3.05, 3.63) is 56.1 Å². The van der Waals surface area contributed by atoms with E-state index in [-0.39, 0.29) is 39.1 Å². The molecule has 45 heavy (non-hydrogen) atoms. The lowest BCUT2D eigenvalue weighted by atomic mass is 10.0. The predicted octanol–water partition coefficient (Wildman–Crippen LogP) is 1.62. The van der Waals surface area contributed by atoms with Crippen molar-refractivity contribution in [2.24, 2.45) is 0 Å². The number of nitrogens with zero attached hydrogens (tertiary/aromatic N) is 3. The first-order chi connectivity index (χ1) is 21.6. The largest absolute Gasteiger partial charge is 0.480 e. The van der Waals surface area contributed by atoms with Crippen LogP contribution in [0.4, 0.5) is 4.79 Å². The van der Waals surface area contributed by atoms with Crippen molar-refractivity contribution in [2.75, 3.05) is 33.1 Å². The molecule has 18 nitrogen and oxygen atoms in total. The van der Waals surface area contributed by atoms with Crippen LogP contribution in [0.2, 0.25) is 0 Å². The molecule has 0 bridgehead atoms. The first-order valence-corrected chi connectivity index (χ1v) is 14.5. The number of rotatable bonds is 22. The lowest BCUT2D eigenvalue weighted by molar-refractivity contribution is -0.765. The Morgan fingerprint density at radius 1 is 0.933 bits per heavy atom. The van der Waals surface area contributed by atoms with Gasteiger partial charge in [0.2, 0.25) is 12.7 Å². The molecular weight excluding hydrogens is 602 g/mol. The molecule has 3 unspecified atom stereocenters. The van der Waals surface area contributed by atoms with Crippen LogP contribution in [0, 0.1) is 20.2 Å². The Labute approximate surface area is 258 Å². The number of esters is 1. The molecule has 0 spiro atoms. The molecule has 1 fully saturated rings. The highest BCUT2D eigenvalue weighted by molar-refractivity contribution is 5.88. The molecule has 1 aromatic carbocycles. The van der Waals surface area contributed by atoms with Gasteiger partial charge < -0.3 is 29.6 Å². The first kappa shape index (κ1) is 36.5. The molecule has 250 valence electrons. The normalized spacial score (nSPS) is 15.4. The second kappa shape index (κ2) is 20.3. The number of benzene rings is 1. The second-order valence-corrected chi connectivity index (χ2v) is 10.1. The highest BCUT2D eigenvalue weighted by Crippen LogP contribution is 2.22. The molecule has 18 heteroatoms. The number of aliphatic carboxylic acids is 1. The zero-order chi connectivity index (χ0) is 33.0. The van der Waals surface area contributed by atoms with Gasteiger partial charge in [0.15, 0.2) is 0 Å². The van der Waals surface area contributed by atoms with Crippen LogP contribution in [-0.2, 0) is 40.0 Å². The van der Waals surface area contributed by atoms with E-state index in [1.54, 1.807) is 0 Å². The number of amides is 2. The Morgan fingerprint density at radius 3 is 2.33 bits per heavy atom. The minimum atomic E-state index is -1.14. The molecule has 0 aromatic heterocycles. The first-order valence-electron chi connectivity index (χ1n) is 14.5. The number of ether oxygens (including phenoxy) is 2. The zero-order valence-electron chi connectivity index (χ0n) is 24.7. The Balaban J connectivity index is 2.00. The fourth-order valence-corrected chi connectivity index (χ4v) is 4.68. The summed E-state index contributed by atoms with van der Waals surface area (Å²) in [6, 6.07) is 6.40. The van der Waals surface area contributed by atoms with E-state index in [1.165, 1.54) is 4.90 Å². The Morgan fingerprint density at radius 2 is 1.64 bits per heavy atom. The van der Waals surface area contributed by atoms with E-state index in [4.69, 9.17) is 4.74 Å². The molecular formula is C27H39N5O13. The number of carboxylic acid groups (broad SMARTS) is 1. The van der Waals surface area contributed by atoms with Crippen molar-refractivity contribution >= 4 is 23.9 Å². The van der Waals surface area contributed by atoms with Gasteiger partial charge in [0, 0.05) is 13.1 Å². The summed E-state index contributed by atoms with van der Waals surface area (Å²) in [5, 5.41) is 33.6. The minimum Gasteiger partial charge on any atom is -0.480 e. The van der Waals surface area contributed by atoms with Gasteiger partial charge in [-0.05, 0) is 63.4 Å². The minimum absolute atomic E-state index is 0.00567. The average molecular weight is 642 g/mol. The molecule has 0 aliphatic carbocycles.